The van der Waals surface area contributed by atoms with Gasteiger partial charge in [0.25, 0.3) is 5.91 Å². The summed E-state index contributed by atoms with van der Waals surface area (Å²) in [5.41, 5.74) is 2.02. The molecule has 1 heterocycles. The molecule has 1 aliphatic heterocycles. The van der Waals surface area contributed by atoms with Gasteiger partial charge < -0.3 is 10.1 Å². The number of hydrogen-bond acceptors (Lipinski definition) is 2. The first-order valence-electron chi connectivity index (χ1n) is 7.93. The van der Waals surface area contributed by atoms with Crippen molar-refractivity contribution < 1.29 is 9.53 Å². The molecule has 1 aromatic rings. The van der Waals surface area contributed by atoms with Crippen LogP contribution in [0.4, 0.5) is 5.69 Å². The predicted octanol–water partition coefficient (Wildman–Crippen LogP) is 4.81. The van der Waals surface area contributed by atoms with Crippen LogP contribution < -0.4 is 10.1 Å². The number of benzene rings is 1. The number of amides is 1. The van der Waals surface area contributed by atoms with E-state index in [1.165, 1.54) is 44.1 Å². The molecule has 1 saturated carbocycles. The molecule has 1 aliphatic carbocycles. The first kappa shape index (κ1) is 14.9. The second kappa shape index (κ2) is 6.82. The molecule has 1 fully saturated rings. The maximum absolute atomic E-state index is 11.4. The molecule has 4 heteroatoms. The monoisotopic (exact) mass is 351 g/mol. The Balaban J connectivity index is 1.60. The third kappa shape index (κ3) is 3.79. The second-order valence-electron chi connectivity index (χ2n) is 6.14. The van der Waals surface area contributed by atoms with Gasteiger partial charge in [-0.25, -0.2) is 0 Å². The molecule has 1 amide bonds. The highest BCUT2D eigenvalue weighted by Gasteiger charge is 2.19. The summed E-state index contributed by atoms with van der Waals surface area (Å²) in [5.74, 6) is 1.60. The number of alkyl halides is 1. The van der Waals surface area contributed by atoms with Gasteiger partial charge in [-0.1, -0.05) is 54.1 Å². The standard InChI is InChI=1S/C17H22BrNO2/c18-14(8-6-12-4-2-1-3-5-12)13-7-9-16-15(10-13)19-17(20)11-21-16/h7,9-10,12,14H,1-6,8,11H2,(H,19,20). The molecular weight excluding hydrogens is 330 g/mol. The summed E-state index contributed by atoms with van der Waals surface area (Å²) in [6, 6.07) is 6.09. The Morgan fingerprint density at radius 2 is 2.10 bits per heavy atom. The van der Waals surface area contributed by atoms with Gasteiger partial charge in [0.15, 0.2) is 6.61 Å². The number of carbonyl (C=O) groups excluding carboxylic acids is 1. The lowest BCUT2D eigenvalue weighted by molar-refractivity contribution is -0.118. The number of ether oxygens (including phenoxy) is 1. The molecule has 2 aliphatic rings. The Bertz CT molecular complexity index is 512. The molecule has 1 N–H and O–H groups in total. The van der Waals surface area contributed by atoms with Crippen molar-refractivity contribution in [2.45, 2.75) is 49.8 Å². The molecule has 0 saturated heterocycles. The molecule has 114 valence electrons. The number of anilines is 1. The summed E-state index contributed by atoms with van der Waals surface area (Å²) in [4.78, 5) is 11.7. The molecule has 0 spiro atoms. The fourth-order valence-electron chi connectivity index (χ4n) is 3.32. The molecule has 3 nitrogen and oxygen atoms in total. The number of rotatable bonds is 4. The smallest absolute Gasteiger partial charge is 0.262 e. The summed E-state index contributed by atoms with van der Waals surface area (Å²) >= 11 is 3.80. The first-order chi connectivity index (χ1) is 10.2. The third-order valence-corrected chi connectivity index (χ3v) is 5.54. The number of carbonyl (C=O) groups is 1. The minimum absolute atomic E-state index is 0.0759. The second-order valence-corrected chi connectivity index (χ2v) is 7.25. The van der Waals surface area contributed by atoms with Crippen LogP contribution in [0.1, 0.15) is 55.3 Å². The molecule has 0 bridgehead atoms. The molecule has 21 heavy (non-hydrogen) atoms. The summed E-state index contributed by atoms with van der Waals surface area (Å²) in [6.45, 7) is 0.117. The Morgan fingerprint density at radius 1 is 1.29 bits per heavy atom. The van der Waals surface area contributed by atoms with E-state index >= 15 is 0 Å². The summed E-state index contributed by atoms with van der Waals surface area (Å²) in [5, 5.41) is 2.88. The Morgan fingerprint density at radius 3 is 2.90 bits per heavy atom. The zero-order valence-corrected chi connectivity index (χ0v) is 13.8. The van der Waals surface area contributed by atoms with Crippen LogP contribution in [0.2, 0.25) is 0 Å². The van der Waals surface area contributed by atoms with E-state index in [9.17, 15) is 4.79 Å². The number of nitrogens with one attached hydrogen (secondary N) is 1. The van der Waals surface area contributed by atoms with Crippen molar-refractivity contribution in [3.63, 3.8) is 0 Å². The highest BCUT2D eigenvalue weighted by molar-refractivity contribution is 9.09. The van der Waals surface area contributed by atoms with Crippen LogP contribution in [-0.2, 0) is 4.79 Å². The summed E-state index contributed by atoms with van der Waals surface area (Å²) in [6.07, 6.45) is 9.45. The molecular formula is C17H22BrNO2. The van der Waals surface area contributed by atoms with Crippen molar-refractivity contribution in [2.24, 2.45) is 5.92 Å². The minimum Gasteiger partial charge on any atom is -0.482 e. The van der Waals surface area contributed by atoms with Crippen molar-refractivity contribution in [1.82, 2.24) is 0 Å². The zero-order chi connectivity index (χ0) is 14.7. The van der Waals surface area contributed by atoms with Crippen molar-refractivity contribution in [3.8, 4) is 5.75 Å². The van der Waals surface area contributed by atoms with E-state index in [1.807, 2.05) is 12.1 Å². The highest BCUT2D eigenvalue weighted by atomic mass is 79.9. The summed E-state index contributed by atoms with van der Waals surface area (Å²) in [7, 11) is 0. The van der Waals surface area contributed by atoms with Gasteiger partial charge in [-0.2, -0.15) is 0 Å². The minimum atomic E-state index is -0.0759. The van der Waals surface area contributed by atoms with Gasteiger partial charge in [-0.3, -0.25) is 4.79 Å². The first-order valence-corrected chi connectivity index (χ1v) is 8.84. The lowest BCUT2D eigenvalue weighted by Crippen LogP contribution is -2.25. The van der Waals surface area contributed by atoms with Crippen LogP contribution in [0, 0.1) is 5.92 Å². The Labute approximate surface area is 134 Å². The lowest BCUT2D eigenvalue weighted by Gasteiger charge is -2.23. The van der Waals surface area contributed by atoms with Gasteiger partial charge in [0, 0.05) is 4.83 Å². The Kier molecular flexibility index (Phi) is 4.84. The largest absolute Gasteiger partial charge is 0.482 e. The normalized spacial score (nSPS) is 20.3. The van der Waals surface area contributed by atoms with E-state index in [0.29, 0.717) is 4.83 Å². The molecule has 3 rings (SSSR count). The van der Waals surface area contributed by atoms with Crippen molar-refractivity contribution in [2.75, 3.05) is 11.9 Å². The third-order valence-electron chi connectivity index (χ3n) is 4.55. The number of hydrogen-bond donors (Lipinski definition) is 1. The fourth-order valence-corrected chi connectivity index (χ4v) is 3.87. The highest BCUT2D eigenvalue weighted by Crippen LogP contribution is 2.37. The van der Waals surface area contributed by atoms with Crippen LogP contribution in [0.15, 0.2) is 18.2 Å². The molecule has 0 radical (unpaired) electrons. The lowest BCUT2D eigenvalue weighted by atomic mass is 9.85. The van der Waals surface area contributed by atoms with Gasteiger partial charge in [-0.05, 0) is 36.5 Å². The maximum atomic E-state index is 11.4. The van der Waals surface area contributed by atoms with E-state index in [-0.39, 0.29) is 12.5 Å². The average Bonchev–Trinajstić information content (AvgIpc) is 2.53. The van der Waals surface area contributed by atoms with E-state index in [2.05, 4.69) is 27.3 Å². The molecule has 1 unspecified atom stereocenters. The van der Waals surface area contributed by atoms with E-state index < -0.39 is 0 Å². The molecule has 0 aromatic heterocycles. The maximum Gasteiger partial charge on any atom is 0.262 e. The summed E-state index contributed by atoms with van der Waals surface area (Å²) < 4.78 is 5.40. The van der Waals surface area contributed by atoms with Crippen LogP contribution in [-0.4, -0.2) is 12.5 Å². The number of fused-ring (bicyclic) bond motifs is 1. The van der Waals surface area contributed by atoms with Gasteiger partial charge in [0.05, 0.1) is 5.69 Å². The van der Waals surface area contributed by atoms with Crippen LogP contribution in [0.25, 0.3) is 0 Å². The predicted molar refractivity (Wildman–Crippen MR) is 88.0 cm³/mol. The van der Waals surface area contributed by atoms with Gasteiger partial charge in [0.1, 0.15) is 5.75 Å². The zero-order valence-electron chi connectivity index (χ0n) is 12.2. The van der Waals surface area contributed by atoms with Crippen molar-refractivity contribution in [1.29, 1.82) is 0 Å². The molecule has 1 aromatic carbocycles. The number of halogens is 1. The fraction of sp³-hybridized carbons (Fsp3) is 0.588. The van der Waals surface area contributed by atoms with Crippen molar-refractivity contribution >= 4 is 27.5 Å². The quantitative estimate of drug-likeness (QED) is 0.790. The van der Waals surface area contributed by atoms with Crippen LogP contribution >= 0.6 is 15.9 Å². The SMILES string of the molecule is O=C1COc2ccc(C(Br)CCC3CCCCC3)cc2N1. The van der Waals surface area contributed by atoms with Gasteiger partial charge in [0.2, 0.25) is 0 Å². The van der Waals surface area contributed by atoms with E-state index in [4.69, 9.17) is 4.74 Å². The van der Waals surface area contributed by atoms with Crippen LogP contribution in [0.5, 0.6) is 5.75 Å². The van der Waals surface area contributed by atoms with Crippen LogP contribution in [0.3, 0.4) is 0 Å². The van der Waals surface area contributed by atoms with E-state index in [1.54, 1.807) is 0 Å². The Hall–Kier alpha value is -1.03. The van der Waals surface area contributed by atoms with Gasteiger partial charge in [-0.15, -0.1) is 0 Å². The average molecular weight is 352 g/mol. The van der Waals surface area contributed by atoms with Gasteiger partial charge >= 0.3 is 0 Å². The van der Waals surface area contributed by atoms with Crippen molar-refractivity contribution in [3.05, 3.63) is 23.8 Å². The molecule has 1 atom stereocenters. The topological polar surface area (TPSA) is 38.3 Å². The van der Waals surface area contributed by atoms with E-state index in [0.717, 1.165) is 23.8 Å².